The van der Waals surface area contributed by atoms with Crippen molar-refractivity contribution >= 4 is 40.7 Å². The number of aryl methyl sites for hydroxylation is 2. The number of carbonyl (C=O) groups is 3. The molecule has 0 saturated carbocycles. The smallest absolute Gasteiger partial charge is 0.326 e. The van der Waals surface area contributed by atoms with Gasteiger partial charge in [0, 0.05) is 17.7 Å². The number of nitrogen functional groups attached to an aromatic ring is 2. The van der Waals surface area contributed by atoms with E-state index in [9.17, 15) is 19.5 Å². The van der Waals surface area contributed by atoms with Gasteiger partial charge in [0.1, 0.15) is 6.04 Å². The zero-order chi connectivity index (χ0) is 34.4. The topological polar surface area (TPSA) is 254 Å². The van der Waals surface area contributed by atoms with Crippen molar-refractivity contribution in [2.75, 3.05) is 18.0 Å². The third kappa shape index (κ3) is 8.01. The van der Waals surface area contributed by atoms with Crippen LogP contribution in [0.15, 0.2) is 48.7 Å². The number of hydrogen-bond donors (Lipinski definition) is 6. The highest BCUT2D eigenvalue weighted by Gasteiger charge is 2.23. The Morgan fingerprint density at radius 3 is 2.44 bits per heavy atom. The molecule has 0 unspecified atom stereocenters. The zero-order valence-corrected chi connectivity index (χ0v) is 26.7. The molecule has 0 bridgehead atoms. The van der Waals surface area contributed by atoms with E-state index in [4.69, 9.17) is 11.5 Å². The fraction of sp³-hybridized carbons (Fsp3) is 0.312. The lowest BCUT2D eigenvalue weighted by Crippen LogP contribution is -2.41. The molecule has 0 aliphatic carbocycles. The van der Waals surface area contributed by atoms with Gasteiger partial charge in [-0.1, -0.05) is 39.0 Å². The number of carboxylic acid groups (broad SMARTS) is 1. The number of H-pyrrole nitrogens is 1. The molecule has 2 amide bonds. The minimum atomic E-state index is -1.17. The van der Waals surface area contributed by atoms with Crippen molar-refractivity contribution in [1.29, 1.82) is 0 Å². The second kappa shape index (κ2) is 14.1. The first-order chi connectivity index (χ1) is 22.9. The maximum atomic E-state index is 13.1. The van der Waals surface area contributed by atoms with Gasteiger partial charge in [-0.15, -0.1) is 10.2 Å². The van der Waals surface area contributed by atoms with Crippen LogP contribution in [-0.2, 0) is 23.1 Å². The predicted octanol–water partition coefficient (Wildman–Crippen LogP) is 2.24. The maximum absolute atomic E-state index is 13.1. The van der Waals surface area contributed by atoms with Crippen LogP contribution in [-0.4, -0.2) is 76.0 Å². The fourth-order valence-corrected chi connectivity index (χ4v) is 4.97. The molecule has 0 aliphatic heterocycles. The van der Waals surface area contributed by atoms with Crippen molar-refractivity contribution in [3.63, 3.8) is 0 Å². The molecule has 1 atom stereocenters. The van der Waals surface area contributed by atoms with Gasteiger partial charge in [0.2, 0.25) is 11.8 Å². The molecule has 3 heterocycles. The number of carbonyl (C=O) groups excluding carboxylic acids is 2. The summed E-state index contributed by atoms with van der Waals surface area (Å²) in [5.41, 5.74) is 15.9. The van der Waals surface area contributed by atoms with E-state index >= 15 is 0 Å². The van der Waals surface area contributed by atoms with E-state index in [0.717, 1.165) is 11.1 Å². The number of anilines is 2. The summed E-state index contributed by atoms with van der Waals surface area (Å²) in [7, 11) is 0. The van der Waals surface area contributed by atoms with Crippen molar-refractivity contribution in [3.05, 3.63) is 76.6 Å². The van der Waals surface area contributed by atoms with E-state index in [-0.39, 0.29) is 36.1 Å². The Bertz CT molecular complexity index is 1940. The number of benzene rings is 2. The monoisotopic (exact) mass is 652 g/mol. The third-order valence-corrected chi connectivity index (χ3v) is 7.66. The molecule has 0 spiro atoms. The average Bonchev–Trinajstić information content (AvgIpc) is 3.60. The number of hydrogen-bond acceptors (Lipinski definition) is 12. The van der Waals surface area contributed by atoms with E-state index in [1.54, 1.807) is 36.5 Å². The van der Waals surface area contributed by atoms with E-state index in [1.807, 2.05) is 12.1 Å². The number of aliphatic carboxylic acids is 1. The predicted molar refractivity (Wildman–Crippen MR) is 177 cm³/mol. The van der Waals surface area contributed by atoms with Crippen molar-refractivity contribution < 1.29 is 19.5 Å². The second-order valence-electron chi connectivity index (χ2n) is 12.2. The van der Waals surface area contributed by atoms with Crippen LogP contribution >= 0.6 is 0 Å². The van der Waals surface area contributed by atoms with Gasteiger partial charge in [-0.25, -0.2) is 14.8 Å². The van der Waals surface area contributed by atoms with E-state index < -0.39 is 17.9 Å². The molecule has 5 aromatic rings. The zero-order valence-electron chi connectivity index (χ0n) is 26.7. The SMILES string of the molecule is CC(C)(C)c1ccc(C(=O)NCCC[C@H](NC(=O)c2ccc(CCc3cnc4nc(N)nc(N)c4n3)cc2)C(=O)O)c(-c2nn[nH]n2)c1. The second-order valence-corrected chi connectivity index (χ2v) is 12.2. The molecular formula is C32H36N12O4. The van der Waals surface area contributed by atoms with Gasteiger partial charge in [0.05, 0.1) is 17.5 Å². The van der Waals surface area contributed by atoms with Crippen LogP contribution in [0.4, 0.5) is 11.8 Å². The van der Waals surface area contributed by atoms with E-state index in [2.05, 4.69) is 72.0 Å². The van der Waals surface area contributed by atoms with Gasteiger partial charge in [0.25, 0.3) is 11.8 Å². The van der Waals surface area contributed by atoms with Gasteiger partial charge in [-0.3, -0.25) is 9.59 Å². The van der Waals surface area contributed by atoms with Gasteiger partial charge < -0.3 is 27.2 Å². The minimum absolute atomic E-state index is 0.0277. The lowest BCUT2D eigenvalue weighted by molar-refractivity contribution is -0.139. The summed E-state index contributed by atoms with van der Waals surface area (Å²) in [4.78, 5) is 54.6. The summed E-state index contributed by atoms with van der Waals surface area (Å²) in [6.45, 7) is 6.37. The number of rotatable bonds is 12. The van der Waals surface area contributed by atoms with Gasteiger partial charge in [-0.2, -0.15) is 15.2 Å². The van der Waals surface area contributed by atoms with Crippen LogP contribution in [0.3, 0.4) is 0 Å². The number of nitrogens with one attached hydrogen (secondary N) is 3. The molecule has 8 N–H and O–H groups in total. The molecule has 16 heteroatoms. The Kier molecular flexibility index (Phi) is 9.82. The van der Waals surface area contributed by atoms with Crippen LogP contribution in [0.1, 0.15) is 71.1 Å². The van der Waals surface area contributed by atoms with E-state index in [1.165, 1.54) is 0 Å². The molecular weight excluding hydrogens is 616 g/mol. The number of carboxylic acids is 1. The number of fused-ring (bicyclic) bond motifs is 1. The molecule has 0 aliphatic rings. The number of nitrogens with zero attached hydrogens (tertiary/aromatic N) is 7. The summed E-state index contributed by atoms with van der Waals surface area (Å²) in [5.74, 6) is -1.57. The Hall–Kier alpha value is -6.06. The number of nitrogens with two attached hydrogens (primary N) is 2. The van der Waals surface area contributed by atoms with Crippen LogP contribution in [0.25, 0.3) is 22.6 Å². The summed E-state index contributed by atoms with van der Waals surface area (Å²) < 4.78 is 0. The molecule has 0 saturated heterocycles. The van der Waals surface area contributed by atoms with Crippen LogP contribution in [0.5, 0.6) is 0 Å². The fourth-order valence-electron chi connectivity index (χ4n) is 4.97. The van der Waals surface area contributed by atoms with Crippen molar-refractivity contribution in [1.82, 2.24) is 51.2 Å². The highest BCUT2D eigenvalue weighted by molar-refractivity contribution is 6.00. The first kappa shape index (κ1) is 33.3. The maximum Gasteiger partial charge on any atom is 0.326 e. The number of tetrazole rings is 1. The Morgan fingerprint density at radius 1 is 0.979 bits per heavy atom. The molecule has 5 rings (SSSR count). The number of aromatic nitrogens is 8. The normalized spacial score (nSPS) is 12.1. The number of amides is 2. The first-order valence-electron chi connectivity index (χ1n) is 15.2. The van der Waals surface area contributed by atoms with Crippen LogP contribution in [0, 0.1) is 0 Å². The van der Waals surface area contributed by atoms with Crippen molar-refractivity contribution in [2.45, 2.75) is 57.9 Å². The Morgan fingerprint density at radius 2 is 1.75 bits per heavy atom. The van der Waals surface area contributed by atoms with E-state index in [0.29, 0.717) is 58.6 Å². The summed E-state index contributed by atoms with van der Waals surface area (Å²) in [6.07, 6.45) is 3.18. The van der Waals surface area contributed by atoms with Gasteiger partial charge >= 0.3 is 5.97 Å². The highest BCUT2D eigenvalue weighted by atomic mass is 16.4. The van der Waals surface area contributed by atoms with Crippen molar-refractivity contribution in [2.24, 2.45) is 0 Å². The molecule has 16 nitrogen and oxygen atoms in total. The van der Waals surface area contributed by atoms with Crippen molar-refractivity contribution in [3.8, 4) is 11.4 Å². The molecule has 2 aromatic carbocycles. The molecule has 48 heavy (non-hydrogen) atoms. The van der Waals surface area contributed by atoms with Crippen LogP contribution in [0.2, 0.25) is 0 Å². The Balaban J connectivity index is 1.13. The van der Waals surface area contributed by atoms with Gasteiger partial charge in [-0.05, 0) is 71.7 Å². The Labute approximate surface area is 275 Å². The lowest BCUT2D eigenvalue weighted by Gasteiger charge is -2.20. The van der Waals surface area contributed by atoms with Gasteiger partial charge in [0.15, 0.2) is 17.0 Å². The largest absolute Gasteiger partial charge is 0.480 e. The molecule has 0 fully saturated rings. The molecule has 0 radical (unpaired) electrons. The van der Waals surface area contributed by atoms with Crippen LogP contribution < -0.4 is 22.1 Å². The molecule has 248 valence electrons. The first-order valence-corrected chi connectivity index (χ1v) is 15.2. The summed E-state index contributed by atoms with van der Waals surface area (Å²) >= 11 is 0. The summed E-state index contributed by atoms with van der Waals surface area (Å²) in [5, 5.41) is 29.2. The minimum Gasteiger partial charge on any atom is -0.480 e. The lowest BCUT2D eigenvalue weighted by atomic mass is 9.85. The molecule has 3 aromatic heterocycles. The third-order valence-electron chi connectivity index (χ3n) is 7.66. The quantitative estimate of drug-likeness (QED) is 0.106. The standard InChI is InChI=1S/C32H36N12O4/c1-32(2,3)19-11-13-21(22(15-19)26-41-43-44-42-26)29(46)35-14-4-5-23(30(47)48)38-28(45)18-9-6-17(7-10-18)8-12-20-16-36-27-24(37-20)25(33)39-31(34)40-27/h6-7,9-11,13,15-16,23H,4-5,8,12,14H2,1-3H3,(H,35,46)(H,38,45)(H,47,48)(H,41,42,43,44)(H4,33,34,36,39,40)/t23-/m0/s1. The highest BCUT2D eigenvalue weighted by Crippen LogP contribution is 2.28. The summed E-state index contributed by atoms with van der Waals surface area (Å²) in [6, 6.07) is 11.2. The average molecular weight is 653 g/mol. The number of aromatic amines is 1.